The van der Waals surface area contributed by atoms with Gasteiger partial charge in [0, 0.05) is 21.3 Å². The predicted octanol–water partition coefficient (Wildman–Crippen LogP) is 4.42. The van der Waals surface area contributed by atoms with Crippen molar-refractivity contribution in [2.75, 3.05) is 23.4 Å². The van der Waals surface area contributed by atoms with Gasteiger partial charge in [-0.05, 0) is 43.0 Å². The van der Waals surface area contributed by atoms with E-state index in [4.69, 9.17) is 11.6 Å². The molecule has 0 aliphatic rings. The average molecular weight is 321 g/mol. The van der Waals surface area contributed by atoms with Crippen molar-refractivity contribution in [3.63, 3.8) is 0 Å². The highest BCUT2D eigenvalue weighted by atomic mass is 35.5. The summed E-state index contributed by atoms with van der Waals surface area (Å²) in [6.45, 7) is 2.10. The molecule has 2 aromatic carbocycles. The third-order valence-electron chi connectivity index (χ3n) is 3.09. The topological polar surface area (TPSA) is 41.1 Å². The third-order valence-corrected chi connectivity index (χ3v) is 4.29. The van der Waals surface area contributed by atoms with Gasteiger partial charge in [-0.3, -0.25) is 4.79 Å². The zero-order chi connectivity index (χ0) is 15.2. The second kappa shape index (κ2) is 7.38. The normalized spacial score (nSPS) is 10.2. The van der Waals surface area contributed by atoms with Crippen molar-refractivity contribution >= 4 is 40.6 Å². The fraction of sp³-hybridized carbons (Fsp3) is 0.188. The van der Waals surface area contributed by atoms with E-state index in [-0.39, 0.29) is 12.5 Å². The van der Waals surface area contributed by atoms with Crippen LogP contribution >= 0.6 is 23.4 Å². The van der Waals surface area contributed by atoms with E-state index in [1.807, 2.05) is 49.6 Å². The van der Waals surface area contributed by atoms with Crippen LogP contribution < -0.4 is 10.6 Å². The third kappa shape index (κ3) is 4.16. The maximum absolute atomic E-state index is 12.0. The Morgan fingerprint density at radius 2 is 1.86 bits per heavy atom. The lowest BCUT2D eigenvalue weighted by molar-refractivity contribution is -0.114. The van der Waals surface area contributed by atoms with E-state index in [1.54, 1.807) is 17.8 Å². The molecule has 0 spiro atoms. The number of hydrogen-bond donors (Lipinski definition) is 2. The number of carbonyl (C=O) groups is 1. The number of carbonyl (C=O) groups excluding carboxylic acids is 1. The highest BCUT2D eigenvalue weighted by Crippen LogP contribution is 2.25. The van der Waals surface area contributed by atoms with Crippen molar-refractivity contribution in [3.05, 3.63) is 53.1 Å². The van der Waals surface area contributed by atoms with E-state index in [9.17, 15) is 4.79 Å². The number of hydrogen-bond acceptors (Lipinski definition) is 3. The summed E-state index contributed by atoms with van der Waals surface area (Å²) in [5.41, 5.74) is 2.58. The van der Waals surface area contributed by atoms with Crippen LogP contribution in [0.4, 0.5) is 11.4 Å². The van der Waals surface area contributed by atoms with Crippen molar-refractivity contribution in [3.8, 4) is 0 Å². The van der Waals surface area contributed by atoms with Crippen LogP contribution in [-0.2, 0) is 4.79 Å². The van der Waals surface area contributed by atoms with Crippen LogP contribution in [0.5, 0.6) is 0 Å². The van der Waals surface area contributed by atoms with Crippen LogP contribution in [0, 0.1) is 6.92 Å². The molecular weight excluding hydrogens is 304 g/mol. The first-order valence-corrected chi connectivity index (χ1v) is 8.14. The summed E-state index contributed by atoms with van der Waals surface area (Å²) in [6, 6.07) is 13.4. The Balaban J connectivity index is 1.98. The van der Waals surface area contributed by atoms with Crippen molar-refractivity contribution in [1.82, 2.24) is 0 Å². The number of para-hydroxylation sites is 1. The number of rotatable bonds is 5. The Morgan fingerprint density at radius 1 is 1.14 bits per heavy atom. The minimum atomic E-state index is -0.101. The molecule has 0 aromatic heterocycles. The lowest BCUT2D eigenvalue weighted by atomic mass is 10.2. The largest absolute Gasteiger partial charge is 0.375 e. The van der Waals surface area contributed by atoms with Crippen LogP contribution in [-0.4, -0.2) is 18.7 Å². The predicted molar refractivity (Wildman–Crippen MR) is 91.5 cm³/mol. The maximum Gasteiger partial charge on any atom is 0.243 e. The van der Waals surface area contributed by atoms with Gasteiger partial charge in [0.1, 0.15) is 0 Å². The van der Waals surface area contributed by atoms with Crippen LogP contribution in [0.25, 0.3) is 0 Å². The van der Waals surface area contributed by atoms with Crippen molar-refractivity contribution in [2.45, 2.75) is 11.8 Å². The van der Waals surface area contributed by atoms with E-state index < -0.39 is 0 Å². The zero-order valence-corrected chi connectivity index (χ0v) is 13.5. The molecule has 2 aromatic rings. The van der Waals surface area contributed by atoms with Crippen LogP contribution in [0.3, 0.4) is 0 Å². The van der Waals surface area contributed by atoms with E-state index >= 15 is 0 Å². The molecule has 0 unspecified atom stereocenters. The van der Waals surface area contributed by atoms with Gasteiger partial charge in [-0.15, -0.1) is 11.8 Å². The molecule has 110 valence electrons. The van der Waals surface area contributed by atoms with Gasteiger partial charge in [0.25, 0.3) is 0 Å². The van der Waals surface area contributed by atoms with Crippen molar-refractivity contribution in [1.29, 1.82) is 0 Å². The quantitative estimate of drug-likeness (QED) is 0.801. The molecule has 2 N–H and O–H groups in total. The van der Waals surface area contributed by atoms with Crippen LogP contribution in [0.2, 0.25) is 5.02 Å². The molecule has 0 heterocycles. The first kappa shape index (κ1) is 15.7. The molecule has 2 rings (SSSR count). The van der Waals surface area contributed by atoms with E-state index in [1.165, 1.54) is 0 Å². The fourth-order valence-electron chi connectivity index (χ4n) is 1.90. The second-order valence-electron chi connectivity index (χ2n) is 4.51. The molecule has 0 atom stereocenters. The molecule has 0 aliphatic carbocycles. The number of benzene rings is 2. The molecular formula is C16H17ClN2OS. The summed E-state index contributed by atoms with van der Waals surface area (Å²) in [5.74, 6) is -0.101. The first-order valence-electron chi connectivity index (χ1n) is 6.53. The number of thioether (sulfide) groups is 1. The number of anilines is 2. The Bertz CT molecular complexity index is 646. The second-order valence-corrected chi connectivity index (χ2v) is 5.77. The summed E-state index contributed by atoms with van der Waals surface area (Å²) in [6.07, 6.45) is 2.01. The Kier molecular flexibility index (Phi) is 5.53. The summed E-state index contributed by atoms with van der Waals surface area (Å²) in [4.78, 5) is 13.1. The van der Waals surface area contributed by atoms with Gasteiger partial charge < -0.3 is 10.6 Å². The lowest BCUT2D eigenvalue weighted by Gasteiger charge is -2.12. The van der Waals surface area contributed by atoms with Gasteiger partial charge in [0.05, 0.1) is 6.54 Å². The summed E-state index contributed by atoms with van der Waals surface area (Å²) < 4.78 is 0. The summed E-state index contributed by atoms with van der Waals surface area (Å²) in [7, 11) is 0. The monoisotopic (exact) mass is 320 g/mol. The van der Waals surface area contributed by atoms with Gasteiger partial charge in [0.2, 0.25) is 5.91 Å². The van der Waals surface area contributed by atoms with Gasteiger partial charge >= 0.3 is 0 Å². The molecule has 3 nitrogen and oxygen atoms in total. The summed E-state index contributed by atoms with van der Waals surface area (Å²) >= 11 is 7.68. The van der Waals surface area contributed by atoms with Crippen molar-refractivity contribution in [2.24, 2.45) is 0 Å². The zero-order valence-electron chi connectivity index (χ0n) is 11.9. The van der Waals surface area contributed by atoms with E-state index in [0.29, 0.717) is 5.02 Å². The molecule has 0 bridgehead atoms. The minimum Gasteiger partial charge on any atom is -0.375 e. The molecule has 21 heavy (non-hydrogen) atoms. The Labute approximate surface area is 134 Å². The molecule has 1 amide bonds. The molecule has 0 saturated heterocycles. The Morgan fingerprint density at radius 3 is 2.62 bits per heavy atom. The smallest absolute Gasteiger partial charge is 0.243 e. The molecule has 0 fully saturated rings. The minimum absolute atomic E-state index is 0.101. The summed E-state index contributed by atoms with van der Waals surface area (Å²) in [5, 5.41) is 6.67. The van der Waals surface area contributed by atoms with Crippen LogP contribution in [0.1, 0.15) is 5.56 Å². The molecule has 0 aliphatic heterocycles. The maximum atomic E-state index is 12.0. The van der Waals surface area contributed by atoms with Gasteiger partial charge in [-0.2, -0.15) is 0 Å². The van der Waals surface area contributed by atoms with Gasteiger partial charge in [-0.1, -0.05) is 29.8 Å². The fourth-order valence-corrected chi connectivity index (χ4v) is 2.65. The Hall–Kier alpha value is -1.65. The average Bonchev–Trinajstić information content (AvgIpc) is 2.50. The SMILES string of the molecule is CSc1ccccc1NCC(=O)Nc1cccc(Cl)c1C. The standard InChI is InChI=1S/C16H17ClN2OS/c1-11-12(17)6-5-8-13(11)19-16(20)10-18-14-7-3-4-9-15(14)21-2/h3-9,18H,10H2,1-2H3,(H,19,20). The highest BCUT2D eigenvalue weighted by Gasteiger charge is 2.07. The highest BCUT2D eigenvalue weighted by molar-refractivity contribution is 7.98. The number of nitrogens with one attached hydrogen (secondary N) is 2. The van der Waals surface area contributed by atoms with E-state index in [0.717, 1.165) is 21.8 Å². The van der Waals surface area contributed by atoms with Crippen LogP contribution in [0.15, 0.2) is 47.4 Å². The molecule has 5 heteroatoms. The van der Waals surface area contributed by atoms with Gasteiger partial charge in [-0.25, -0.2) is 0 Å². The first-order chi connectivity index (χ1) is 10.1. The van der Waals surface area contributed by atoms with Gasteiger partial charge in [0.15, 0.2) is 0 Å². The van der Waals surface area contributed by atoms with E-state index in [2.05, 4.69) is 10.6 Å². The lowest BCUT2D eigenvalue weighted by Crippen LogP contribution is -2.22. The molecule has 0 radical (unpaired) electrons. The van der Waals surface area contributed by atoms with Crippen molar-refractivity contribution < 1.29 is 4.79 Å². The molecule has 0 saturated carbocycles. The number of amides is 1. The number of halogens is 1.